The summed E-state index contributed by atoms with van der Waals surface area (Å²) in [5.74, 6) is 0.423. The topological polar surface area (TPSA) is 100 Å². The maximum Gasteiger partial charge on any atom is 0.339 e. The lowest BCUT2D eigenvalue weighted by Gasteiger charge is -2.11. The smallest absolute Gasteiger partial charge is 0.339 e. The zero-order valence-electron chi connectivity index (χ0n) is 10.0. The number of aromatic nitrogens is 3. The molecule has 1 aromatic heterocycles. The van der Waals surface area contributed by atoms with Gasteiger partial charge in [-0.15, -0.1) is 0 Å². The Balaban J connectivity index is 1.86. The highest BCUT2D eigenvalue weighted by atomic mass is 32.2. The highest BCUT2D eigenvalue weighted by Gasteiger charge is 2.21. The van der Waals surface area contributed by atoms with Crippen LogP contribution in [0.2, 0.25) is 0 Å². The molecule has 1 aliphatic rings. The van der Waals surface area contributed by atoms with Gasteiger partial charge in [0.1, 0.15) is 0 Å². The molecule has 1 aliphatic carbocycles. The van der Waals surface area contributed by atoms with Gasteiger partial charge in [0, 0.05) is 25.4 Å². The van der Waals surface area contributed by atoms with E-state index in [1.165, 1.54) is 29.3 Å². The molecule has 0 radical (unpaired) electrons. The molecule has 0 aliphatic heterocycles. The normalized spacial score (nSPS) is 16.8. The van der Waals surface area contributed by atoms with E-state index in [1.807, 2.05) is 0 Å². The molecule has 18 heavy (non-hydrogen) atoms. The summed E-state index contributed by atoms with van der Waals surface area (Å²) < 4.78 is 1.38. The van der Waals surface area contributed by atoms with Crippen LogP contribution in [0.5, 0.6) is 0 Å². The Labute approximate surface area is 108 Å². The average molecular weight is 272 g/mol. The Morgan fingerprint density at radius 3 is 3.00 bits per heavy atom. The first-order chi connectivity index (χ1) is 8.56. The summed E-state index contributed by atoms with van der Waals surface area (Å²) in [5, 5.41) is 15.7. The number of hydrogen-bond donors (Lipinski definition) is 3. The van der Waals surface area contributed by atoms with E-state index in [0.717, 1.165) is 0 Å². The number of rotatable bonds is 6. The zero-order valence-corrected chi connectivity index (χ0v) is 10.9. The van der Waals surface area contributed by atoms with Gasteiger partial charge in [-0.05, 0) is 12.8 Å². The first kappa shape index (κ1) is 13.3. The van der Waals surface area contributed by atoms with E-state index >= 15 is 0 Å². The predicted octanol–water partition coefficient (Wildman–Crippen LogP) is -1.33. The van der Waals surface area contributed by atoms with Crippen molar-refractivity contribution >= 4 is 11.8 Å². The van der Waals surface area contributed by atoms with Crippen molar-refractivity contribution in [1.82, 2.24) is 20.1 Å². The van der Waals surface area contributed by atoms with Crippen LogP contribution in [0, 0.1) is 0 Å². The van der Waals surface area contributed by atoms with Gasteiger partial charge < -0.3 is 10.4 Å². The molecule has 0 spiro atoms. The fraction of sp³-hybridized carbons (Fsp3) is 0.700. The van der Waals surface area contributed by atoms with Crippen molar-refractivity contribution in [2.45, 2.75) is 30.1 Å². The maximum absolute atomic E-state index is 11.1. The molecule has 0 aromatic carbocycles. The Bertz CT molecular complexity index is 523. The number of nitrogens with zero attached hydrogens (tertiary/aromatic N) is 2. The van der Waals surface area contributed by atoms with Crippen LogP contribution in [0.15, 0.2) is 14.7 Å². The summed E-state index contributed by atoms with van der Waals surface area (Å²) in [5.41, 5.74) is -1.54. The Morgan fingerprint density at radius 1 is 1.61 bits per heavy atom. The summed E-state index contributed by atoms with van der Waals surface area (Å²) in [7, 11) is 1.60. The van der Waals surface area contributed by atoms with Gasteiger partial charge in [-0.1, -0.05) is 11.8 Å². The minimum atomic E-state index is -0.804. The predicted molar refractivity (Wildman–Crippen MR) is 67.9 cm³/mol. The van der Waals surface area contributed by atoms with Gasteiger partial charge in [-0.2, -0.15) is 4.98 Å². The van der Waals surface area contributed by atoms with Crippen LogP contribution < -0.4 is 16.4 Å². The third-order valence-corrected chi connectivity index (χ3v) is 3.75. The SMILES string of the molecule is Cn1[nH]c(=O)c(=O)nc1SCC(O)CNC1CC1. The highest BCUT2D eigenvalue weighted by molar-refractivity contribution is 7.99. The van der Waals surface area contributed by atoms with E-state index in [1.54, 1.807) is 7.05 Å². The minimum Gasteiger partial charge on any atom is -0.391 e. The van der Waals surface area contributed by atoms with E-state index in [2.05, 4.69) is 15.4 Å². The quantitative estimate of drug-likeness (QED) is 0.438. The summed E-state index contributed by atoms with van der Waals surface area (Å²) in [6, 6.07) is 0.556. The van der Waals surface area contributed by atoms with Crippen LogP contribution in [-0.2, 0) is 7.05 Å². The van der Waals surface area contributed by atoms with Crippen LogP contribution in [0.1, 0.15) is 12.8 Å². The van der Waals surface area contributed by atoms with Crippen molar-refractivity contribution in [3.05, 3.63) is 20.7 Å². The Kier molecular flexibility index (Phi) is 4.20. The lowest BCUT2D eigenvalue weighted by atomic mass is 10.4. The molecule has 1 unspecified atom stereocenters. The van der Waals surface area contributed by atoms with Gasteiger partial charge in [-0.25, -0.2) is 0 Å². The molecule has 7 nitrogen and oxygen atoms in total. The van der Waals surface area contributed by atoms with Gasteiger partial charge in [0.2, 0.25) is 0 Å². The number of H-pyrrole nitrogens is 1. The van der Waals surface area contributed by atoms with Crippen molar-refractivity contribution in [3.8, 4) is 0 Å². The molecule has 0 saturated heterocycles. The molecule has 8 heteroatoms. The van der Waals surface area contributed by atoms with Crippen molar-refractivity contribution in [2.75, 3.05) is 12.3 Å². The number of nitrogens with one attached hydrogen (secondary N) is 2. The lowest BCUT2D eigenvalue weighted by molar-refractivity contribution is 0.195. The molecule has 0 amide bonds. The van der Waals surface area contributed by atoms with E-state index in [9.17, 15) is 14.7 Å². The van der Waals surface area contributed by atoms with E-state index in [-0.39, 0.29) is 0 Å². The maximum atomic E-state index is 11.1. The van der Waals surface area contributed by atoms with Crippen molar-refractivity contribution < 1.29 is 5.11 Å². The van der Waals surface area contributed by atoms with Gasteiger partial charge in [-0.3, -0.25) is 19.4 Å². The molecular weight excluding hydrogens is 256 g/mol. The summed E-state index contributed by atoms with van der Waals surface area (Å²) >= 11 is 1.24. The third kappa shape index (κ3) is 3.69. The number of thioether (sulfide) groups is 1. The molecule has 1 atom stereocenters. The first-order valence-corrected chi connectivity index (χ1v) is 6.76. The second-order valence-electron chi connectivity index (χ2n) is 4.35. The van der Waals surface area contributed by atoms with Crippen molar-refractivity contribution in [3.63, 3.8) is 0 Å². The fourth-order valence-corrected chi connectivity index (χ4v) is 2.26. The van der Waals surface area contributed by atoms with E-state index in [0.29, 0.717) is 23.5 Å². The number of aliphatic hydroxyl groups is 1. The molecule has 1 saturated carbocycles. The minimum absolute atomic E-state index is 0.394. The number of hydrogen-bond acceptors (Lipinski definition) is 6. The summed E-state index contributed by atoms with van der Waals surface area (Å²) in [6.45, 7) is 0.537. The lowest BCUT2D eigenvalue weighted by Crippen LogP contribution is -2.34. The monoisotopic (exact) mass is 272 g/mol. The summed E-state index contributed by atoms with van der Waals surface area (Å²) in [6.07, 6.45) is 1.85. The fourth-order valence-electron chi connectivity index (χ4n) is 1.41. The van der Waals surface area contributed by atoms with Gasteiger partial charge in [0.05, 0.1) is 6.10 Å². The second-order valence-corrected chi connectivity index (χ2v) is 5.33. The Morgan fingerprint density at radius 2 is 2.33 bits per heavy atom. The molecule has 3 N–H and O–H groups in total. The van der Waals surface area contributed by atoms with Gasteiger partial charge in [0.25, 0.3) is 0 Å². The molecule has 0 bridgehead atoms. The van der Waals surface area contributed by atoms with Crippen molar-refractivity contribution in [1.29, 1.82) is 0 Å². The molecule has 1 heterocycles. The van der Waals surface area contributed by atoms with Crippen LogP contribution in [0.25, 0.3) is 0 Å². The zero-order chi connectivity index (χ0) is 13.1. The number of aliphatic hydroxyl groups excluding tert-OH is 1. The molecule has 2 rings (SSSR count). The molecule has 1 fully saturated rings. The molecule has 100 valence electrons. The Hall–Kier alpha value is -1.12. The van der Waals surface area contributed by atoms with Crippen LogP contribution in [0.4, 0.5) is 0 Å². The average Bonchev–Trinajstić information content (AvgIpc) is 3.13. The third-order valence-electron chi connectivity index (χ3n) is 2.57. The van der Waals surface area contributed by atoms with Crippen molar-refractivity contribution in [2.24, 2.45) is 7.05 Å². The first-order valence-electron chi connectivity index (χ1n) is 5.78. The number of aryl methyl sites for hydroxylation is 1. The largest absolute Gasteiger partial charge is 0.391 e. The van der Waals surface area contributed by atoms with E-state index < -0.39 is 17.2 Å². The van der Waals surface area contributed by atoms with Gasteiger partial charge >= 0.3 is 11.1 Å². The standard InChI is InChI=1S/C10H16N4O3S/c1-14-10(12-8(16)9(17)13-14)18-5-7(15)4-11-6-2-3-6/h6-7,11,15H,2-5H2,1H3,(H,13,17). The summed E-state index contributed by atoms with van der Waals surface area (Å²) in [4.78, 5) is 25.7. The van der Waals surface area contributed by atoms with Crippen LogP contribution in [-0.4, -0.2) is 44.3 Å². The van der Waals surface area contributed by atoms with Crippen LogP contribution in [0.3, 0.4) is 0 Å². The molecule has 1 aromatic rings. The van der Waals surface area contributed by atoms with E-state index in [4.69, 9.17) is 0 Å². The molecular formula is C10H16N4O3S. The number of aromatic amines is 1. The van der Waals surface area contributed by atoms with Gasteiger partial charge in [0.15, 0.2) is 5.16 Å². The highest BCUT2D eigenvalue weighted by Crippen LogP contribution is 2.19. The van der Waals surface area contributed by atoms with Crippen LogP contribution >= 0.6 is 11.8 Å². The second kappa shape index (κ2) is 5.68.